The van der Waals surface area contributed by atoms with E-state index in [1.165, 1.54) is 0 Å². The fourth-order valence-electron chi connectivity index (χ4n) is 2.18. The summed E-state index contributed by atoms with van der Waals surface area (Å²) in [5.74, 6) is 0.548. The highest BCUT2D eigenvalue weighted by atomic mass is 16.2. The summed E-state index contributed by atoms with van der Waals surface area (Å²) in [6.45, 7) is 5.71. The van der Waals surface area contributed by atoms with Crippen LogP contribution in [0.5, 0.6) is 0 Å². The first-order valence-electron chi connectivity index (χ1n) is 6.88. The molecule has 0 spiro atoms. The summed E-state index contributed by atoms with van der Waals surface area (Å²) in [5.41, 5.74) is 1.87. The van der Waals surface area contributed by atoms with Gasteiger partial charge in [-0.2, -0.15) is 5.10 Å². The van der Waals surface area contributed by atoms with Crippen molar-refractivity contribution in [2.75, 3.05) is 13.6 Å². The Morgan fingerprint density at radius 2 is 2.00 bits per heavy atom. The van der Waals surface area contributed by atoms with E-state index in [2.05, 4.69) is 18.9 Å². The topological polar surface area (TPSA) is 38.1 Å². The molecular formula is C16H21N3O. The van der Waals surface area contributed by atoms with Gasteiger partial charge >= 0.3 is 0 Å². The quantitative estimate of drug-likeness (QED) is 0.838. The molecule has 0 bridgehead atoms. The second-order valence-electron chi connectivity index (χ2n) is 5.48. The lowest BCUT2D eigenvalue weighted by Crippen LogP contribution is -2.30. The Labute approximate surface area is 120 Å². The van der Waals surface area contributed by atoms with Crippen molar-refractivity contribution in [3.8, 4) is 0 Å². The first-order valence-corrected chi connectivity index (χ1v) is 6.88. The zero-order valence-corrected chi connectivity index (χ0v) is 12.3. The van der Waals surface area contributed by atoms with Crippen LogP contribution in [0.25, 0.3) is 0 Å². The third kappa shape index (κ3) is 3.70. The van der Waals surface area contributed by atoms with Crippen LogP contribution in [0.2, 0.25) is 0 Å². The molecule has 1 amide bonds. The SMILES string of the molecule is CC(C)CN(C)C(=O)c1ccc(Cn2cccn2)cc1. The van der Waals surface area contributed by atoms with Crippen LogP contribution in [0.3, 0.4) is 0 Å². The van der Waals surface area contributed by atoms with Gasteiger partial charge in [0.25, 0.3) is 5.91 Å². The van der Waals surface area contributed by atoms with Gasteiger partial charge in [-0.15, -0.1) is 0 Å². The van der Waals surface area contributed by atoms with Crippen LogP contribution in [0.4, 0.5) is 0 Å². The zero-order chi connectivity index (χ0) is 14.5. The van der Waals surface area contributed by atoms with Gasteiger partial charge in [0, 0.05) is 31.5 Å². The van der Waals surface area contributed by atoms with Gasteiger partial charge in [-0.25, -0.2) is 0 Å². The number of carbonyl (C=O) groups excluding carboxylic acids is 1. The summed E-state index contributed by atoms with van der Waals surface area (Å²) in [4.78, 5) is 14.0. The Balaban J connectivity index is 2.02. The predicted octanol–water partition coefficient (Wildman–Crippen LogP) is 2.66. The smallest absolute Gasteiger partial charge is 0.253 e. The van der Waals surface area contributed by atoms with Gasteiger partial charge in [-0.05, 0) is 29.7 Å². The second kappa shape index (κ2) is 6.37. The molecule has 1 aromatic carbocycles. The summed E-state index contributed by atoms with van der Waals surface area (Å²) in [6, 6.07) is 9.64. The van der Waals surface area contributed by atoms with E-state index < -0.39 is 0 Å². The van der Waals surface area contributed by atoms with Crippen molar-refractivity contribution in [3.05, 3.63) is 53.9 Å². The van der Waals surface area contributed by atoms with Crippen molar-refractivity contribution in [2.24, 2.45) is 5.92 Å². The maximum Gasteiger partial charge on any atom is 0.253 e. The van der Waals surface area contributed by atoms with Crippen molar-refractivity contribution in [1.29, 1.82) is 0 Å². The minimum absolute atomic E-state index is 0.0735. The number of nitrogens with zero attached hydrogens (tertiary/aromatic N) is 3. The number of hydrogen-bond donors (Lipinski definition) is 0. The molecule has 0 atom stereocenters. The summed E-state index contributed by atoms with van der Waals surface area (Å²) >= 11 is 0. The van der Waals surface area contributed by atoms with Crippen LogP contribution in [0.15, 0.2) is 42.7 Å². The van der Waals surface area contributed by atoms with Crippen molar-refractivity contribution in [1.82, 2.24) is 14.7 Å². The number of hydrogen-bond acceptors (Lipinski definition) is 2. The number of amides is 1. The molecule has 0 aliphatic heterocycles. The van der Waals surface area contributed by atoms with Crippen LogP contribution >= 0.6 is 0 Å². The molecule has 20 heavy (non-hydrogen) atoms. The van der Waals surface area contributed by atoms with Crippen molar-refractivity contribution >= 4 is 5.91 Å². The molecule has 0 saturated carbocycles. The highest BCUT2D eigenvalue weighted by Crippen LogP contribution is 2.09. The third-order valence-corrected chi connectivity index (χ3v) is 3.09. The fourth-order valence-corrected chi connectivity index (χ4v) is 2.18. The molecule has 4 nitrogen and oxygen atoms in total. The standard InChI is InChI=1S/C16H21N3O/c1-13(2)11-18(3)16(20)15-7-5-14(6-8-15)12-19-10-4-9-17-19/h4-10,13H,11-12H2,1-3H3. The fraction of sp³-hybridized carbons (Fsp3) is 0.375. The zero-order valence-electron chi connectivity index (χ0n) is 12.3. The van der Waals surface area contributed by atoms with E-state index in [0.29, 0.717) is 5.92 Å². The molecule has 2 rings (SSSR count). The van der Waals surface area contributed by atoms with Crippen LogP contribution < -0.4 is 0 Å². The van der Waals surface area contributed by atoms with Gasteiger partial charge in [0.15, 0.2) is 0 Å². The molecule has 0 aliphatic rings. The Morgan fingerprint density at radius 1 is 1.30 bits per heavy atom. The van der Waals surface area contributed by atoms with Gasteiger partial charge in [0.2, 0.25) is 0 Å². The maximum atomic E-state index is 12.2. The van der Waals surface area contributed by atoms with Gasteiger partial charge in [0.05, 0.1) is 6.54 Å². The van der Waals surface area contributed by atoms with E-state index in [0.717, 1.165) is 24.2 Å². The van der Waals surface area contributed by atoms with Crippen LogP contribution in [0, 0.1) is 5.92 Å². The molecule has 0 radical (unpaired) electrons. The molecule has 0 aliphatic carbocycles. The van der Waals surface area contributed by atoms with Crippen LogP contribution in [0.1, 0.15) is 29.8 Å². The lowest BCUT2D eigenvalue weighted by Gasteiger charge is -2.19. The lowest BCUT2D eigenvalue weighted by molar-refractivity contribution is 0.0779. The van der Waals surface area contributed by atoms with E-state index in [1.807, 2.05) is 48.3 Å². The predicted molar refractivity (Wildman–Crippen MR) is 79.6 cm³/mol. The van der Waals surface area contributed by atoms with E-state index in [1.54, 1.807) is 11.1 Å². The molecule has 0 saturated heterocycles. The number of benzene rings is 1. The molecule has 2 aromatic rings. The van der Waals surface area contributed by atoms with Gasteiger partial charge in [-0.3, -0.25) is 9.48 Å². The normalized spacial score (nSPS) is 10.8. The largest absolute Gasteiger partial charge is 0.341 e. The Kier molecular flexibility index (Phi) is 4.56. The van der Waals surface area contributed by atoms with Gasteiger partial charge in [0.1, 0.15) is 0 Å². The summed E-state index contributed by atoms with van der Waals surface area (Å²) < 4.78 is 1.86. The van der Waals surface area contributed by atoms with E-state index in [9.17, 15) is 4.79 Å². The van der Waals surface area contributed by atoms with Crippen LogP contribution in [-0.2, 0) is 6.54 Å². The molecule has 0 fully saturated rings. The molecule has 0 N–H and O–H groups in total. The minimum Gasteiger partial charge on any atom is -0.341 e. The maximum absolute atomic E-state index is 12.2. The van der Waals surface area contributed by atoms with Crippen LogP contribution in [-0.4, -0.2) is 34.2 Å². The monoisotopic (exact) mass is 271 g/mol. The summed E-state index contributed by atoms with van der Waals surface area (Å²) in [7, 11) is 1.85. The second-order valence-corrected chi connectivity index (χ2v) is 5.48. The van der Waals surface area contributed by atoms with E-state index in [-0.39, 0.29) is 5.91 Å². The number of carbonyl (C=O) groups is 1. The molecule has 0 unspecified atom stereocenters. The Hall–Kier alpha value is -2.10. The van der Waals surface area contributed by atoms with Crippen molar-refractivity contribution < 1.29 is 4.79 Å². The third-order valence-electron chi connectivity index (χ3n) is 3.09. The van der Waals surface area contributed by atoms with Gasteiger partial charge in [-0.1, -0.05) is 26.0 Å². The average Bonchev–Trinajstić information content (AvgIpc) is 2.91. The van der Waals surface area contributed by atoms with Crippen molar-refractivity contribution in [2.45, 2.75) is 20.4 Å². The Bertz CT molecular complexity index is 544. The molecule has 1 heterocycles. The highest BCUT2D eigenvalue weighted by molar-refractivity contribution is 5.94. The lowest BCUT2D eigenvalue weighted by atomic mass is 10.1. The first kappa shape index (κ1) is 14.3. The number of aromatic nitrogens is 2. The molecule has 106 valence electrons. The summed E-state index contributed by atoms with van der Waals surface area (Å²) in [5, 5.41) is 4.17. The minimum atomic E-state index is 0.0735. The molecule has 4 heteroatoms. The first-order chi connectivity index (χ1) is 9.56. The van der Waals surface area contributed by atoms with Gasteiger partial charge < -0.3 is 4.90 Å². The molecular weight excluding hydrogens is 250 g/mol. The molecule has 1 aromatic heterocycles. The average molecular weight is 271 g/mol. The van der Waals surface area contributed by atoms with Crippen molar-refractivity contribution in [3.63, 3.8) is 0 Å². The van der Waals surface area contributed by atoms with E-state index in [4.69, 9.17) is 0 Å². The van der Waals surface area contributed by atoms with E-state index >= 15 is 0 Å². The Morgan fingerprint density at radius 3 is 2.55 bits per heavy atom. The highest BCUT2D eigenvalue weighted by Gasteiger charge is 2.12. The summed E-state index contributed by atoms with van der Waals surface area (Å²) in [6.07, 6.45) is 3.69. The number of rotatable bonds is 5.